The third-order valence-corrected chi connectivity index (χ3v) is 2.67. The highest BCUT2D eigenvalue weighted by Crippen LogP contribution is 2.26. The molecule has 0 aliphatic carbocycles. The van der Waals surface area contributed by atoms with Gasteiger partial charge in [-0.15, -0.1) is 0 Å². The molecule has 0 aliphatic heterocycles. The Balaban J connectivity index is 3.12. The lowest BCUT2D eigenvalue weighted by molar-refractivity contribution is -0.121. The van der Waals surface area contributed by atoms with E-state index >= 15 is 0 Å². The SMILES string of the molecule is COc1cccc(C(C)(C)C(C)=O)c1. The van der Waals surface area contributed by atoms with Crippen LogP contribution in [0.2, 0.25) is 0 Å². The molecule has 0 atom stereocenters. The van der Waals surface area contributed by atoms with Crippen LogP contribution in [0.15, 0.2) is 24.3 Å². The highest BCUT2D eigenvalue weighted by atomic mass is 16.5. The average Bonchev–Trinajstić information content (AvgIpc) is 2.17. The van der Waals surface area contributed by atoms with Gasteiger partial charge in [0, 0.05) is 5.41 Å². The normalized spacial score (nSPS) is 11.1. The predicted octanol–water partition coefficient (Wildman–Crippen LogP) is 2.56. The minimum absolute atomic E-state index is 0.158. The molecule has 2 heteroatoms. The van der Waals surface area contributed by atoms with Crippen molar-refractivity contribution in [2.75, 3.05) is 7.11 Å². The monoisotopic (exact) mass is 192 g/mol. The number of hydrogen-bond donors (Lipinski definition) is 0. The molecule has 0 unspecified atom stereocenters. The van der Waals surface area contributed by atoms with Crippen molar-refractivity contribution >= 4 is 5.78 Å². The van der Waals surface area contributed by atoms with E-state index in [2.05, 4.69) is 0 Å². The summed E-state index contributed by atoms with van der Waals surface area (Å²) in [5, 5.41) is 0. The van der Waals surface area contributed by atoms with Gasteiger partial charge in [0.2, 0.25) is 0 Å². The maximum absolute atomic E-state index is 11.4. The standard InChI is InChI=1S/C12H16O2/c1-9(13)12(2,3)10-6-5-7-11(8-10)14-4/h5-8H,1-4H3. The Morgan fingerprint density at radius 3 is 2.50 bits per heavy atom. The Morgan fingerprint density at radius 2 is 2.00 bits per heavy atom. The molecule has 0 saturated heterocycles. The third-order valence-electron chi connectivity index (χ3n) is 2.67. The number of ketones is 1. The molecule has 1 rings (SSSR count). The van der Waals surface area contributed by atoms with Crippen LogP contribution in [0.5, 0.6) is 5.75 Å². The van der Waals surface area contributed by atoms with Gasteiger partial charge in [-0.3, -0.25) is 4.79 Å². The maximum atomic E-state index is 11.4. The zero-order valence-electron chi connectivity index (χ0n) is 9.13. The van der Waals surface area contributed by atoms with Gasteiger partial charge in [0.1, 0.15) is 11.5 Å². The average molecular weight is 192 g/mol. The van der Waals surface area contributed by atoms with Crippen molar-refractivity contribution < 1.29 is 9.53 Å². The second kappa shape index (κ2) is 3.82. The molecule has 2 nitrogen and oxygen atoms in total. The van der Waals surface area contributed by atoms with Gasteiger partial charge in [-0.25, -0.2) is 0 Å². The van der Waals surface area contributed by atoms with E-state index in [0.29, 0.717) is 0 Å². The summed E-state index contributed by atoms with van der Waals surface area (Å²) < 4.78 is 5.12. The van der Waals surface area contributed by atoms with E-state index in [9.17, 15) is 4.79 Å². The number of ether oxygens (including phenoxy) is 1. The lowest BCUT2D eigenvalue weighted by Gasteiger charge is -2.22. The number of hydrogen-bond acceptors (Lipinski definition) is 2. The van der Waals surface area contributed by atoms with Crippen LogP contribution in [0.4, 0.5) is 0 Å². The lowest BCUT2D eigenvalue weighted by atomic mass is 9.81. The Hall–Kier alpha value is -1.31. The van der Waals surface area contributed by atoms with Crippen LogP contribution in [0.25, 0.3) is 0 Å². The van der Waals surface area contributed by atoms with E-state index in [1.165, 1.54) is 0 Å². The second-order valence-electron chi connectivity index (χ2n) is 3.91. The molecule has 0 fully saturated rings. The van der Waals surface area contributed by atoms with Crippen molar-refractivity contribution in [2.24, 2.45) is 0 Å². The van der Waals surface area contributed by atoms with Gasteiger partial charge in [0.05, 0.1) is 7.11 Å². The number of methoxy groups -OCH3 is 1. The predicted molar refractivity (Wildman–Crippen MR) is 56.7 cm³/mol. The molecule has 0 bridgehead atoms. The first-order chi connectivity index (χ1) is 6.48. The van der Waals surface area contributed by atoms with Crippen molar-refractivity contribution in [1.82, 2.24) is 0 Å². The first-order valence-electron chi connectivity index (χ1n) is 4.64. The maximum Gasteiger partial charge on any atom is 0.139 e. The summed E-state index contributed by atoms with van der Waals surface area (Å²) in [6.45, 7) is 5.45. The summed E-state index contributed by atoms with van der Waals surface area (Å²) in [6, 6.07) is 7.63. The fourth-order valence-corrected chi connectivity index (χ4v) is 1.22. The minimum Gasteiger partial charge on any atom is -0.497 e. The van der Waals surface area contributed by atoms with Gasteiger partial charge in [0.15, 0.2) is 0 Å². The molecule has 76 valence electrons. The molecule has 1 aromatic carbocycles. The molecule has 0 aliphatic rings. The third kappa shape index (κ3) is 1.95. The lowest BCUT2D eigenvalue weighted by Crippen LogP contribution is -2.26. The fourth-order valence-electron chi connectivity index (χ4n) is 1.22. The van der Waals surface area contributed by atoms with Gasteiger partial charge in [-0.05, 0) is 38.5 Å². The Bertz CT molecular complexity index is 340. The Kier molecular flexibility index (Phi) is 2.94. The number of carbonyl (C=O) groups is 1. The van der Waals surface area contributed by atoms with Gasteiger partial charge >= 0.3 is 0 Å². The zero-order valence-corrected chi connectivity index (χ0v) is 9.13. The first-order valence-corrected chi connectivity index (χ1v) is 4.64. The van der Waals surface area contributed by atoms with Gasteiger partial charge < -0.3 is 4.74 Å². The van der Waals surface area contributed by atoms with Crippen molar-refractivity contribution in [3.05, 3.63) is 29.8 Å². The van der Waals surface area contributed by atoms with Gasteiger partial charge in [-0.2, -0.15) is 0 Å². The van der Waals surface area contributed by atoms with Crippen LogP contribution in [0, 0.1) is 0 Å². The highest BCUT2D eigenvalue weighted by molar-refractivity contribution is 5.87. The van der Waals surface area contributed by atoms with Crippen molar-refractivity contribution in [1.29, 1.82) is 0 Å². The van der Waals surface area contributed by atoms with E-state index in [4.69, 9.17) is 4.74 Å². The van der Waals surface area contributed by atoms with Crippen LogP contribution in [-0.4, -0.2) is 12.9 Å². The van der Waals surface area contributed by atoms with E-state index in [1.54, 1.807) is 14.0 Å². The van der Waals surface area contributed by atoms with Crippen LogP contribution in [0.1, 0.15) is 26.3 Å². The van der Waals surface area contributed by atoms with E-state index in [0.717, 1.165) is 11.3 Å². The number of rotatable bonds is 3. The summed E-state index contributed by atoms with van der Waals surface area (Å²) in [5.74, 6) is 0.947. The molecular weight excluding hydrogens is 176 g/mol. The molecule has 0 N–H and O–H groups in total. The summed E-state index contributed by atoms with van der Waals surface area (Å²) in [7, 11) is 1.62. The van der Waals surface area contributed by atoms with E-state index in [1.807, 2.05) is 38.1 Å². The first kappa shape index (κ1) is 10.8. The number of benzene rings is 1. The second-order valence-corrected chi connectivity index (χ2v) is 3.91. The topological polar surface area (TPSA) is 26.3 Å². The smallest absolute Gasteiger partial charge is 0.139 e. The Labute approximate surface area is 84.9 Å². The van der Waals surface area contributed by atoms with Crippen molar-refractivity contribution in [2.45, 2.75) is 26.2 Å². The molecule has 14 heavy (non-hydrogen) atoms. The van der Waals surface area contributed by atoms with Gasteiger partial charge in [0.25, 0.3) is 0 Å². The van der Waals surface area contributed by atoms with E-state index in [-0.39, 0.29) is 5.78 Å². The molecule has 0 amide bonds. The molecule has 0 spiro atoms. The minimum atomic E-state index is -0.436. The van der Waals surface area contributed by atoms with Crippen molar-refractivity contribution in [3.8, 4) is 5.75 Å². The van der Waals surface area contributed by atoms with Crippen LogP contribution < -0.4 is 4.74 Å². The molecule has 0 radical (unpaired) electrons. The molecular formula is C12H16O2. The Morgan fingerprint density at radius 1 is 1.36 bits per heavy atom. The van der Waals surface area contributed by atoms with Crippen molar-refractivity contribution in [3.63, 3.8) is 0 Å². The largest absolute Gasteiger partial charge is 0.497 e. The van der Waals surface area contributed by atoms with Crippen LogP contribution >= 0.6 is 0 Å². The highest BCUT2D eigenvalue weighted by Gasteiger charge is 2.26. The van der Waals surface area contributed by atoms with Crippen LogP contribution in [-0.2, 0) is 10.2 Å². The zero-order chi connectivity index (χ0) is 10.8. The van der Waals surface area contributed by atoms with Gasteiger partial charge in [-0.1, -0.05) is 12.1 Å². The number of Topliss-reactive ketones (excluding diaryl/α,β-unsaturated/α-hetero) is 1. The summed E-state index contributed by atoms with van der Waals surface area (Å²) in [4.78, 5) is 11.4. The summed E-state index contributed by atoms with van der Waals surface area (Å²) in [6.07, 6.45) is 0. The summed E-state index contributed by atoms with van der Waals surface area (Å²) >= 11 is 0. The van der Waals surface area contributed by atoms with Crippen LogP contribution in [0.3, 0.4) is 0 Å². The molecule has 0 saturated carbocycles. The molecule has 1 aromatic rings. The van der Waals surface area contributed by atoms with E-state index < -0.39 is 5.41 Å². The number of carbonyl (C=O) groups excluding carboxylic acids is 1. The molecule has 0 aromatic heterocycles. The molecule has 0 heterocycles. The fraction of sp³-hybridized carbons (Fsp3) is 0.417. The quantitative estimate of drug-likeness (QED) is 0.735. The summed E-state index contributed by atoms with van der Waals surface area (Å²) in [5.41, 5.74) is 0.554.